The topological polar surface area (TPSA) is 49.8 Å². The molecule has 2 rings (SSSR count). The van der Waals surface area contributed by atoms with Gasteiger partial charge in [-0.2, -0.15) is 5.26 Å². The summed E-state index contributed by atoms with van der Waals surface area (Å²) in [6.45, 7) is 8.50. The molecule has 0 saturated heterocycles. The Morgan fingerprint density at radius 3 is 2.00 bits per heavy atom. The Labute approximate surface area is 110 Å². The number of rotatable bonds is 2. The molecule has 2 nitrogen and oxygen atoms in total. The Morgan fingerprint density at radius 1 is 1.17 bits per heavy atom. The van der Waals surface area contributed by atoms with Gasteiger partial charge in [0.25, 0.3) is 0 Å². The highest BCUT2D eigenvalue weighted by molar-refractivity contribution is 5.47. The molecule has 1 fully saturated rings. The second-order valence-corrected chi connectivity index (χ2v) is 5.77. The van der Waals surface area contributed by atoms with Crippen LogP contribution >= 0.6 is 0 Å². The highest BCUT2D eigenvalue weighted by atomic mass is 14.7. The lowest BCUT2D eigenvalue weighted by Gasteiger charge is -2.41. The van der Waals surface area contributed by atoms with Gasteiger partial charge in [0.05, 0.1) is 11.5 Å². The predicted molar refractivity (Wildman–Crippen MR) is 74.2 cm³/mol. The number of hydrogen-bond donors (Lipinski definition) is 1. The number of nitrogens with two attached hydrogens (primary N) is 1. The van der Waals surface area contributed by atoms with E-state index in [1.54, 1.807) is 0 Å². The first-order valence-corrected chi connectivity index (χ1v) is 6.67. The summed E-state index contributed by atoms with van der Waals surface area (Å²) < 4.78 is 0. The van der Waals surface area contributed by atoms with Gasteiger partial charge in [0, 0.05) is 6.04 Å². The third-order valence-corrected chi connectivity index (χ3v) is 4.80. The molecule has 1 aromatic carbocycles. The summed E-state index contributed by atoms with van der Waals surface area (Å²) >= 11 is 0. The highest BCUT2D eigenvalue weighted by Gasteiger charge is 2.44. The van der Waals surface area contributed by atoms with E-state index < -0.39 is 0 Å². The van der Waals surface area contributed by atoms with Crippen molar-refractivity contribution in [2.24, 2.45) is 11.1 Å². The van der Waals surface area contributed by atoms with Crippen molar-refractivity contribution >= 4 is 0 Å². The van der Waals surface area contributed by atoms with Crippen molar-refractivity contribution in [1.82, 2.24) is 0 Å². The standard InChI is InChI=1S/C16H22N2/c1-10-8-11(2)13(4)14(12(10)3)15(18)16(9-17)6-5-7-16/h8,15H,5-7,18H2,1-4H3. The molecule has 0 aliphatic heterocycles. The van der Waals surface area contributed by atoms with E-state index in [0.29, 0.717) is 0 Å². The fourth-order valence-corrected chi connectivity index (χ4v) is 3.04. The van der Waals surface area contributed by atoms with Crippen LogP contribution in [0.25, 0.3) is 0 Å². The zero-order valence-electron chi connectivity index (χ0n) is 11.8. The summed E-state index contributed by atoms with van der Waals surface area (Å²) in [5.74, 6) is 0. The minimum atomic E-state index is -0.324. The molecule has 0 aromatic heterocycles. The molecule has 96 valence electrons. The van der Waals surface area contributed by atoms with Crippen LogP contribution in [0.1, 0.15) is 53.1 Å². The van der Waals surface area contributed by atoms with Gasteiger partial charge >= 0.3 is 0 Å². The minimum absolute atomic E-state index is 0.144. The lowest BCUT2D eigenvalue weighted by Crippen LogP contribution is -2.40. The van der Waals surface area contributed by atoms with E-state index >= 15 is 0 Å². The van der Waals surface area contributed by atoms with Crippen molar-refractivity contribution in [3.8, 4) is 6.07 Å². The summed E-state index contributed by atoms with van der Waals surface area (Å²) in [4.78, 5) is 0. The fourth-order valence-electron chi connectivity index (χ4n) is 3.04. The van der Waals surface area contributed by atoms with Crippen LogP contribution in [-0.4, -0.2) is 0 Å². The second kappa shape index (κ2) is 4.40. The number of benzene rings is 1. The summed E-state index contributed by atoms with van der Waals surface area (Å²) in [6.07, 6.45) is 3.01. The van der Waals surface area contributed by atoms with Crippen LogP contribution in [-0.2, 0) is 0 Å². The van der Waals surface area contributed by atoms with Crippen LogP contribution < -0.4 is 5.73 Å². The van der Waals surface area contributed by atoms with E-state index in [9.17, 15) is 5.26 Å². The Kier molecular flexibility index (Phi) is 3.21. The van der Waals surface area contributed by atoms with Gasteiger partial charge in [-0.15, -0.1) is 0 Å². The molecular formula is C16H22N2. The van der Waals surface area contributed by atoms with Crippen molar-refractivity contribution in [3.05, 3.63) is 33.9 Å². The molecule has 1 unspecified atom stereocenters. The smallest absolute Gasteiger partial charge is 0.0766 e. The average molecular weight is 242 g/mol. The SMILES string of the molecule is Cc1cc(C)c(C)c(C(N)C2(C#N)CCC2)c1C. The zero-order valence-corrected chi connectivity index (χ0v) is 11.8. The number of nitriles is 1. The fraction of sp³-hybridized carbons (Fsp3) is 0.562. The number of hydrogen-bond acceptors (Lipinski definition) is 2. The van der Waals surface area contributed by atoms with Gasteiger partial charge < -0.3 is 5.73 Å². The molecular weight excluding hydrogens is 220 g/mol. The molecule has 1 atom stereocenters. The van der Waals surface area contributed by atoms with Crippen molar-refractivity contribution in [2.45, 2.75) is 53.0 Å². The van der Waals surface area contributed by atoms with Gasteiger partial charge in [-0.1, -0.05) is 12.5 Å². The van der Waals surface area contributed by atoms with Gasteiger partial charge in [0.2, 0.25) is 0 Å². The van der Waals surface area contributed by atoms with E-state index in [1.807, 2.05) is 0 Å². The van der Waals surface area contributed by atoms with E-state index in [-0.39, 0.29) is 11.5 Å². The molecule has 0 amide bonds. The molecule has 0 spiro atoms. The third kappa shape index (κ3) is 1.74. The Balaban J connectivity index is 2.55. The first kappa shape index (κ1) is 13.1. The molecule has 2 heteroatoms. The van der Waals surface area contributed by atoms with Crippen LogP contribution in [0, 0.1) is 44.4 Å². The average Bonchev–Trinajstić information content (AvgIpc) is 2.26. The van der Waals surface area contributed by atoms with E-state index in [2.05, 4.69) is 39.8 Å². The summed E-state index contributed by atoms with van der Waals surface area (Å²) in [7, 11) is 0. The van der Waals surface area contributed by atoms with Gasteiger partial charge in [0.1, 0.15) is 0 Å². The van der Waals surface area contributed by atoms with Crippen LogP contribution in [0.2, 0.25) is 0 Å². The first-order chi connectivity index (χ1) is 8.43. The molecule has 18 heavy (non-hydrogen) atoms. The molecule has 2 N–H and O–H groups in total. The van der Waals surface area contributed by atoms with Crippen LogP contribution in [0.4, 0.5) is 0 Å². The quantitative estimate of drug-likeness (QED) is 0.861. The van der Waals surface area contributed by atoms with Gasteiger partial charge in [-0.3, -0.25) is 0 Å². The minimum Gasteiger partial charge on any atom is -0.323 e. The Bertz CT molecular complexity index is 493. The Morgan fingerprint density at radius 2 is 1.67 bits per heavy atom. The maximum atomic E-state index is 9.46. The van der Waals surface area contributed by atoms with Crippen LogP contribution in [0.3, 0.4) is 0 Å². The summed E-state index contributed by atoms with van der Waals surface area (Å²) in [5, 5.41) is 9.46. The van der Waals surface area contributed by atoms with Crippen LogP contribution in [0.5, 0.6) is 0 Å². The summed E-state index contributed by atoms with van der Waals surface area (Å²) in [6, 6.07) is 4.55. The highest BCUT2D eigenvalue weighted by Crippen LogP contribution is 2.50. The monoisotopic (exact) mass is 242 g/mol. The van der Waals surface area contributed by atoms with Crippen molar-refractivity contribution in [2.75, 3.05) is 0 Å². The molecule has 1 saturated carbocycles. The number of aryl methyl sites for hydroxylation is 2. The van der Waals surface area contributed by atoms with Gasteiger partial charge in [0.15, 0.2) is 0 Å². The van der Waals surface area contributed by atoms with Crippen molar-refractivity contribution in [3.63, 3.8) is 0 Å². The number of nitrogens with zero attached hydrogens (tertiary/aromatic N) is 1. The van der Waals surface area contributed by atoms with E-state index in [0.717, 1.165) is 19.3 Å². The van der Waals surface area contributed by atoms with Gasteiger partial charge in [-0.25, -0.2) is 0 Å². The second-order valence-electron chi connectivity index (χ2n) is 5.77. The van der Waals surface area contributed by atoms with E-state index in [4.69, 9.17) is 5.73 Å². The molecule has 1 aliphatic rings. The first-order valence-electron chi connectivity index (χ1n) is 6.67. The van der Waals surface area contributed by atoms with Crippen LogP contribution in [0.15, 0.2) is 6.07 Å². The molecule has 1 aromatic rings. The van der Waals surface area contributed by atoms with Crippen molar-refractivity contribution < 1.29 is 0 Å². The maximum absolute atomic E-state index is 9.46. The molecule has 1 aliphatic carbocycles. The molecule has 0 bridgehead atoms. The molecule has 0 heterocycles. The van der Waals surface area contributed by atoms with E-state index in [1.165, 1.54) is 27.8 Å². The van der Waals surface area contributed by atoms with Crippen molar-refractivity contribution in [1.29, 1.82) is 5.26 Å². The zero-order chi connectivity index (χ0) is 13.5. The largest absolute Gasteiger partial charge is 0.323 e. The third-order valence-electron chi connectivity index (χ3n) is 4.80. The summed E-state index contributed by atoms with van der Waals surface area (Å²) in [5.41, 5.74) is 12.4. The normalized spacial score (nSPS) is 18.9. The maximum Gasteiger partial charge on any atom is 0.0766 e. The lowest BCUT2D eigenvalue weighted by molar-refractivity contribution is 0.168. The molecule has 0 radical (unpaired) electrons. The van der Waals surface area contributed by atoms with Gasteiger partial charge in [-0.05, 0) is 68.4 Å². The Hall–Kier alpha value is -1.33. The lowest BCUT2D eigenvalue weighted by atomic mass is 9.62. The predicted octanol–water partition coefficient (Wildman–Crippen LogP) is 3.61.